The highest BCUT2D eigenvalue weighted by Gasteiger charge is 2.09. The Morgan fingerprint density at radius 1 is 1.08 bits per heavy atom. The van der Waals surface area contributed by atoms with E-state index in [1.807, 2.05) is 49.4 Å². The molecule has 1 N–H and O–H groups in total. The molecule has 0 radical (unpaired) electrons. The second kappa shape index (κ2) is 8.92. The topological polar surface area (TPSA) is 47.6 Å². The maximum absolute atomic E-state index is 12.2. The maximum Gasteiger partial charge on any atom is 0.262 e. The molecular weight excluding hydrogens is 314 g/mol. The van der Waals surface area contributed by atoms with E-state index in [9.17, 15) is 4.79 Å². The number of benzene rings is 2. The second-order valence-corrected chi connectivity index (χ2v) is 6.30. The summed E-state index contributed by atoms with van der Waals surface area (Å²) in [6.07, 6.45) is 0. The zero-order chi connectivity index (χ0) is 18.2. The van der Waals surface area contributed by atoms with Crippen molar-refractivity contribution in [3.8, 4) is 11.5 Å². The Bertz CT molecular complexity index is 737. The van der Waals surface area contributed by atoms with Gasteiger partial charge in [0.05, 0.1) is 0 Å². The second-order valence-electron chi connectivity index (χ2n) is 6.30. The lowest BCUT2D eigenvalue weighted by molar-refractivity contribution is -0.118. The molecule has 0 bridgehead atoms. The molecule has 0 aliphatic heterocycles. The fourth-order valence-electron chi connectivity index (χ4n) is 2.30. The van der Waals surface area contributed by atoms with Gasteiger partial charge in [0.25, 0.3) is 5.91 Å². The van der Waals surface area contributed by atoms with Crippen LogP contribution < -0.4 is 14.8 Å². The first-order chi connectivity index (χ1) is 12.0. The van der Waals surface area contributed by atoms with E-state index in [-0.39, 0.29) is 12.5 Å². The van der Waals surface area contributed by atoms with Crippen LogP contribution in [-0.2, 0) is 4.79 Å². The molecule has 0 unspecified atom stereocenters. The highest BCUT2D eigenvalue weighted by Crippen LogP contribution is 2.25. The number of hydrogen-bond donors (Lipinski definition) is 1. The van der Waals surface area contributed by atoms with Crippen molar-refractivity contribution in [3.05, 3.63) is 66.2 Å². The lowest BCUT2D eigenvalue weighted by atomic mass is 10.0. The maximum atomic E-state index is 12.2. The predicted molar refractivity (Wildman–Crippen MR) is 101 cm³/mol. The van der Waals surface area contributed by atoms with Crippen molar-refractivity contribution in [1.82, 2.24) is 0 Å². The van der Waals surface area contributed by atoms with Crippen LogP contribution in [0, 0.1) is 0 Å². The van der Waals surface area contributed by atoms with Gasteiger partial charge in [0.1, 0.15) is 18.1 Å². The van der Waals surface area contributed by atoms with E-state index in [1.165, 1.54) is 0 Å². The van der Waals surface area contributed by atoms with Crippen molar-refractivity contribution in [2.75, 3.05) is 18.5 Å². The van der Waals surface area contributed by atoms with Crippen LogP contribution in [0.3, 0.4) is 0 Å². The highest BCUT2D eigenvalue weighted by molar-refractivity contribution is 5.92. The average molecular weight is 339 g/mol. The Balaban J connectivity index is 1.92. The molecule has 0 saturated carbocycles. The molecule has 25 heavy (non-hydrogen) atoms. The smallest absolute Gasteiger partial charge is 0.262 e. The molecule has 0 atom stereocenters. The van der Waals surface area contributed by atoms with E-state index in [0.29, 0.717) is 24.0 Å². The fraction of sp³-hybridized carbons (Fsp3) is 0.286. The van der Waals surface area contributed by atoms with E-state index in [1.54, 1.807) is 6.07 Å². The number of para-hydroxylation sites is 1. The van der Waals surface area contributed by atoms with Crippen molar-refractivity contribution in [2.24, 2.45) is 0 Å². The minimum Gasteiger partial charge on any atom is -0.489 e. The van der Waals surface area contributed by atoms with Gasteiger partial charge in [-0.2, -0.15) is 0 Å². The molecule has 0 spiro atoms. The molecule has 0 aromatic heterocycles. The first-order valence-electron chi connectivity index (χ1n) is 8.34. The third-order valence-electron chi connectivity index (χ3n) is 3.50. The summed E-state index contributed by atoms with van der Waals surface area (Å²) in [7, 11) is 0. The Morgan fingerprint density at radius 2 is 1.84 bits per heavy atom. The SMILES string of the molecule is C=C(C)COc1cccc(NC(=O)COc2ccccc2C(C)C)c1. The van der Waals surface area contributed by atoms with Gasteiger partial charge in [0.15, 0.2) is 6.61 Å². The summed E-state index contributed by atoms with van der Waals surface area (Å²) in [6, 6.07) is 15.0. The summed E-state index contributed by atoms with van der Waals surface area (Å²) in [6.45, 7) is 10.3. The third kappa shape index (κ3) is 5.99. The van der Waals surface area contributed by atoms with Crippen LogP contribution in [0.25, 0.3) is 0 Å². The molecule has 0 heterocycles. The number of anilines is 1. The van der Waals surface area contributed by atoms with Crippen molar-refractivity contribution < 1.29 is 14.3 Å². The summed E-state index contributed by atoms with van der Waals surface area (Å²) >= 11 is 0. The van der Waals surface area contributed by atoms with Gasteiger partial charge in [0, 0.05) is 11.8 Å². The first kappa shape index (κ1) is 18.6. The molecule has 4 nitrogen and oxygen atoms in total. The van der Waals surface area contributed by atoms with Gasteiger partial charge in [-0.05, 0) is 42.2 Å². The monoisotopic (exact) mass is 339 g/mol. The first-order valence-corrected chi connectivity index (χ1v) is 8.34. The van der Waals surface area contributed by atoms with Crippen LogP contribution in [0.5, 0.6) is 11.5 Å². The van der Waals surface area contributed by atoms with Gasteiger partial charge in [0.2, 0.25) is 0 Å². The van der Waals surface area contributed by atoms with Crippen LogP contribution in [0.15, 0.2) is 60.7 Å². The van der Waals surface area contributed by atoms with E-state index < -0.39 is 0 Å². The number of carbonyl (C=O) groups is 1. The molecule has 2 aromatic rings. The van der Waals surface area contributed by atoms with Crippen molar-refractivity contribution in [3.63, 3.8) is 0 Å². The number of rotatable bonds is 8. The predicted octanol–water partition coefficient (Wildman–Crippen LogP) is 4.78. The zero-order valence-corrected chi connectivity index (χ0v) is 15.0. The van der Waals surface area contributed by atoms with Gasteiger partial charge in [-0.15, -0.1) is 0 Å². The van der Waals surface area contributed by atoms with Crippen LogP contribution >= 0.6 is 0 Å². The van der Waals surface area contributed by atoms with Crippen LogP contribution in [0.4, 0.5) is 5.69 Å². The molecule has 0 aliphatic carbocycles. The molecule has 0 saturated heterocycles. The quantitative estimate of drug-likeness (QED) is 0.704. The summed E-state index contributed by atoms with van der Waals surface area (Å²) in [4.78, 5) is 12.2. The molecule has 132 valence electrons. The van der Waals surface area contributed by atoms with Crippen LogP contribution in [-0.4, -0.2) is 19.1 Å². The molecule has 0 aliphatic rings. The largest absolute Gasteiger partial charge is 0.489 e. The molecular formula is C21H25NO3. The van der Waals surface area contributed by atoms with Crippen LogP contribution in [0.2, 0.25) is 0 Å². The van der Waals surface area contributed by atoms with Gasteiger partial charge in [-0.1, -0.05) is 44.7 Å². The summed E-state index contributed by atoms with van der Waals surface area (Å²) in [5.41, 5.74) is 2.70. The summed E-state index contributed by atoms with van der Waals surface area (Å²) in [5.74, 6) is 1.55. The highest BCUT2D eigenvalue weighted by atomic mass is 16.5. The van der Waals surface area contributed by atoms with Crippen molar-refractivity contribution >= 4 is 11.6 Å². The Hall–Kier alpha value is -2.75. The standard InChI is InChI=1S/C21H25NO3/c1-15(2)13-24-18-9-7-8-17(12-18)22-21(23)14-25-20-11-6-5-10-19(20)16(3)4/h5-12,16H,1,13-14H2,2-4H3,(H,22,23). The van der Waals surface area contributed by atoms with Gasteiger partial charge in [-0.3, -0.25) is 4.79 Å². The van der Waals surface area contributed by atoms with Crippen molar-refractivity contribution in [1.29, 1.82) is 0 Å². The number of amides is 1. The van der Waals surface area contributed by atoms with E-state index in [0.717, 1.165) is 16.9 Å². The molecule has 1 amide bonds. The fourth-order valence-corrected chi connectivity index (χ4v) is 2.30. The summed E-state index contributed by atoms with van der Waals surface area (Å²) < 4.78 is 11.3. The Labute approximate surface area is 149 Å². The van der Waals surface area contributed by atoms with Crippen molar-refractivity contribution in [2.45, 2.75) is 26.7 Å². The number of carbonyl (C=O) groups excluding carboxylic acids is 1. The van der Waals surface area contributed by atoms with Crippen LogP contribution in [0.1, 0.15) is 32.3 Å². The lowest BCUT2D eigenvalue weighted by Crippen LogP contribution is -2.20. The van der Waals surface area contributed by atoms with E-state index in [2.05, 4.69) is 25.7 Å². The van der Waals surface area contributed by atoms with Gasteiger partial charge < -0.3 is 14.8 Å². The average Bonchev–Trinajstić information content (AvgIpc) is 2.58. The Morgan fingerprint density at radius 3 is 2.56 bits per heavy atom. The minimum atomic E-state index is -0.212. The number of nitrogens with one attached hydrogen (secondary N) is 1. The lowest BCUT2D eigenvalue weighted by Gasteiger charge is -2.14. The molecule has 4 heteroatoms. The Kier molecular flexibility index (Phi) is 6.63. The normalized spacial score (nSPS) is 10.4. The zero-order valence-electron chi connectivity index (χ0n) is 15.0. The molecule has 2 rings (SSSR count). The van der Waals surface area contributed by atoms with E-state index >= 15 is 0 Å². The van der Waals surface area contributed by atoms with Gasteiger partial charge in [-0.25, -0.2) is 0 Å². The van der Waals surface area contributed by atoms with Gasteiger partial charge >= 0.3 is 0 Å². The number of hydrogen-bond acceptors (Lipinski definition) is 3. The third-order valence-corrected chi connectivity index (χ3v) is 3.50. The van der Waals surface area contributed by atoms with E-state index in [4.69, 9.17) is 9.47 Å². The minimum absolute atomic E-state index is 0.0411. The molecule has 0 fully saturated rings. The summed E-state index contributed by atoms with van der Waals surface area (Å²) in [5, 5.41) is 2.82. The number of ether oxygens (including phenoxy) is 2. The molecule has 2 aromatic carbocycles.